The van der Waals surface area contributed by atoms with Gasteiger partial charge >= 0.3 is 6.18 Å². The van der Waals surface area contributed by atoms with Crippen molar-refractivity contribution in [1.29, 1.82) is 0 Å². The normalized spacial score (nSPS) is 11.2. The van der Waals surface area contributed by atoms with Crippen LogP contribution in [0.5, 0.6) is 0 Å². The second kappa shape index (κ2) is 13.3. The van der Waals surface area contributed by atoms with Crippen molar-refractivity contribution in [3.63, 3.8) is 0 Å². The summed E-state index contributed by atoms with van der Waals surface area (Å²) in [5.74, 6) is -3.01. The first-order chi connectivity index (χ1) is 14.8. The molecule has 0 aromatic heterocycles. The van der Waals surface area contributed by atoms with Crippen LogP contribution in [0.2, 0.25) is 0 Å². The van der Waals surface area contributed by atoms with Crippen LogP contribution in [0.15, 0.2) is 69.3 Å². The Kier molecular flexibility index (Phi) is 12.4. The van der Waals surface area contributed by atoms with Gasteiger partial charge in [-0.2, -0.15) is 13.2 Å². The lowest BCUT2D eigenvalue weighted by molar-refractivity contribution is -0.344. The molecule has 0 unspecified atom stereocenters. The van der Waals surface area contributed by atoms with E-state index in [9.17, 15) is 13.2 Å². The van der Waals surface area contributed by atoms with Crippen molar-refractivity contribution in [3.8, 4) is 0 Å². The maximum atomic E-state index is 10.5. The highest BCUT2D eigenvalue weighted by molar-refractivity contribution is 14.1. The number of benzene rings is 3. The van der Waals surface area contributed by atoms with Crippen molar-refractivity contribution in [1.82, 2.24) is 0 Å². The Morgan fingerprint density at radius 2 is 1.03 bits per heavy atom. The fourth-order valence-electron chi connectivity index (χ4n) is 2.34. The van der Waals surface area contributed by atoms with Gasteiger partial charge in [0.05, 0.1) is 14.3 Å². The lowest BCUT2D eigenvalue weighted by Crippen LogP contribution is -2.37. The Morgan fingerprint density at radius 1 is 0.719 bits per heavy atom. The van der Waals surface area contributed by atoms with Gasteiger partial charge in [-0.15, -0.1) is 0 Å². The molecule has 12 heteroatoms. The highest BCUT2D eigenvalue weighted by Crippen LogP contribution is 2.41. The van der Waals surface area contributed by atoms with Crippen LogP contribution in [-0.4, -0.2) is 12.1 Å². The second-order valence-electron chi connectivity index (χ2n) is 5.80. The van der Waals surface area contributed by atoms with E-state index in [0.717, 1.165) is 0 Å². The highest BCUT2D eigenvalue weighted by Gasteiger charge is 2.37. The number of hydrogen-bond acceptors (Lipinski definition) is 2. The Hall–Kier alpha value is 1.65. The first-order valence-corrected chi connectivity index (χ1v) is 15.9. The molecule has 0 saturated heterocycles. The molecule has 170 valence electrons. The first kappa shape index (κ1) is 29.9. The Labute approximate surface area is 267 Å². The molecule has 0 N–H and O–H groups in total. The lowest BCUT2D eigenvalue weighted by atomic mass is 10.4. The van der Waals surface area contributed by atoms with Crippen molar-refractivity contribution >= 4 is 152 Å². The van der Waals surface area contributed by atoms with E-state index in [0.29, 0.717) is 0 Å². The minimum atomic E-state index is -5.19. The highest BCUT2D eigenvalue weighted by atomic mass is 127. The molecule has 0 aliphatic rings. The summed E-state index contributed by atoms with van der Waals surface area (Å²) >= 11 is 14.8. The van der Waals surface area contributed by atoms with Gasteiger partial charge in [-0.05, 0) is 172 Å². The molecule has 0 spiro atoms. The van der Waals surface area contributed by atoms with Gasteiger partial charge in [0.15, 0.2) is 14.7 Å². The predicted molar refractivity (Wildman–Crippen MR) is 169 cm³/mol. The summed E-state index contributed by atoms with van der Waals surface area (Å²) in [6.07, 6.45) is -5.19. The maximum Gasteiger partial charge on any atom is 0.430 e. The Morgan fingerprint density at radius 3 is 1.31 bits per heavy atom. The molecule has 3 aromatic rings. The molecule has 2 nitrogen and oxygen atoms in total. The number of carbonyl (C=O) groups is 1. The summed E-state index contributed by atoms with van der Waals surface area (Å²) in [5.41, 5.74) is 0. The summed E-state index contributed by atoms with van der Waals surface area (Å²) in [7, 11) is -0.114. The molecule has 0 amide bonds. The van der Waals surface area contributed by atoms with Crippen LogP contribution in [0.4, 0.5) is 13.2 Å². The van der Waals surface area contributed by atoms with Crippen molar-refractivity contribution in [2.24, 2.45) is 0 Å². The number of carboxylic acids is 1. The van der Waals surface area contributed by atoms with Crippen LogP contribution in [0, 0.1) is 21.4 Å². The summed E-state index contributed by atoms with van der Waals surface area (Å²) in [6, 6.07) is 20.1. The van der Waals surface area contributed by atoms with E-state index in [2.05, 4.69) is 190 Å². The SMILES string of the molecule is Ic1cc(I)c([S+](c2ccccc2)c2c(I)cc(I)cc2I)c(I)c1.O=C([O-])C(F)(F)F. The molecule has 0 bridgehead atoms. The van der Waals surface area contributed by atoms with Gasteiger partial charge < -0.3 is 9.90 Å². The zero-order chi connectivity index (χ0) is 24.2. The van der Waals surface area contributed by atoms with Crippen molar-refractivity contribution < 1.29 is 23.1 Å². The predicted octanol–water partition coefficient (Wildman–Crippen LogP) is 7.71. The average Bonchev–Trinajstić information content (AvgIpc) is 2.65. The van der Waals surface area contributed by atoms with Crippen LogP contribution in [0.3, 0.4) is 0 Å². The zero-order valence-corrected chi connectivity index (χ0v) is 29.1. The molecule has 0 saturated carbocycles. The Balaban J connectivity index is 0.000000451. The van der Waals surface area contributed by atoms with E-state index in [1.807, 2.05) is 0 Å². The quantitative estimate of drug-likeness (QED) is 0.200. The van der Waals surface area contributed by atoms with Gasteiger partial charge in [0.1, 0.15) is 16.9 Å². The van der Waals surface area contributed by atoms with E-state index < -0.39 is 12.1 Å². The van der Waals surface area contributed by atoms with E-state index in [1.165, 1.54) is 36.1 Å². The first-order valence-electron chi connectivity index (χ1n) is 8.19. The van der Waals surface area contributed by atoms with E-state index in [-0.39, 0.29) is 10.9 Å². The average molecular weight is 1130 g/mol. The minimum absolute atomic E-state index is 0.114. The van der Waals surface area contributed by atoms with Crippen LogP contribution in [0.25, 0.3) is 0 Å². The van der Waals surface area contributed by atoms with Crippen LogP contribution in [-0.2, 0) is 15.7 Å². The second-order valence-corrected chi connectivity index (χ2v) is 14.8. The monoisotopic (exact) mass is 1130 g/mol. The van der Waals surface area contributed by atoms with Gasteiger partial charge in [-0.3, -0.25) is 0 Å². The third-order valence-electron chi connectivity index (χ3n) is 3.54. The van der Waals surface area contributed by atoms with Crippen molar-refractivity contribution in [3.05, 3.63) is 76.0 Å². The standard InChI is InChI=1S/C18H9I6S.C2HF3O2/c19-10-6-13(21)17(14(22)7-10)25(12-4-2-1-3-5-12)18-15(23)8-11(20)9-16(18)24;3-2(4,5)1(6)7/h1-9H;(H,6,7)/q+1;/p-1. The molecule has 0 atom stereocenters. The van der Waals surface area contributed by atoms with Gasteiger partial charge in [-0.1, -0.05) is 18.2 Å². The molecule has 0 heterocycles. The van der Waals surface area contributed by atoms with Crippen molar-refractivity contribution in [2.75, 3.05) is 0 Å². The number of carboxylic acid groups (broad SMARTS) is 1. The summed E-state index contributed by atoms with van der Waals surface area (Å²) in [6.45, 7) is 0. The number of halogens is 9. The molecule has 3 rings (SSSR count). The summed E-state index contributed by atoms with van der Waals surface area (Å²) in [5, 5.41) is 8.78. The smallest absolute Gasteiger partial charge is 0.430 e. The third-order valence-corrected chi connectivity index (χ3v) is 12.1. The zero-order valence-electron chi connectivity index (χ0n) is 15.3. The molecule has 0 fully saturated rings. The van der Waals surface area contributed by atoms with Gasteiger partial charge in [0.2, 0.25) is 0 Å². The van der Waals surface area contributed by atoms with Crippen LogP contribution < -0.4 is 5.11 Å². The molecule has 3 aromatic carbocycles. The van der Waals surface area contributed by atoms with Crippen LogP contribution >= 0.6 is 136 Å². The number of alkyl halides is 3. The Bertz CT molecular complexity index is 1020. The van der Waals surface area contributed by atoms with E-state index in [4.69, 9.17) is 9.90 Å². The molecular formula is C20H9F3I6O2S. The fourth-order valence-corrected chi connectivity index (χ4v) is 14.3. The van der Waals surface area contributed by atoms with E-state index >= 15 is 0 Å². The fraction of sp³-hybridized carbons (Fsp3) is 0.0500. The summed E-state index contributed by atoms with van der Waals surface area (Å²) in [4.78, 5) is 13.0. The largest absolute Gasteiger partial charge is 0.542 e. The number of hydrogen-bond donors (Lipinski definition) is 0. The van der Waals surface area contributed by atoms with Crippen molar-refractivity contribution in [2.45, 2.75) is 20.9 Å². The molecule has 0 radical (unpaired) electrons. The molecular weight excluding hydrogens is 1120 g/mol. The minimum Gasteiger partial charge on any atom is -0.542 e. The van der Waals surface area contributed by atoms with Gasteiger partial charge in [-0.25, -0.2) is 0 Å². The maximum absolute atomic E-state index is 10.5. The van der Waals surface area contributed by atoms with Crippen LogP contribution in [0.1, 0.15) is 0 Å². The molecule has 0 aliphatic carbocycles. The third kappa shape index (κ3) is 8.36. The van der Waals surface area contributed by atoms with Gasteiger partial charge in [0.25, 0.3) is 0 Å². The lowest BCUT2D eigenvalue weighted by Gasteiger charge is -2.14. The van der Waals surface area contributed by atoms with Gasteiger partial charge in [0, 0.05) is 7.14 Å². The van der Waals surface area contributed by atoms with E-state index in [1.54, 1.807) is 0 Å². The summed E-state index contributed by atoms with van der Waals surface area (Å²) < 4.78 is 39.5. The number of rotatable bonds is 3. The topological polar surface area (TPSA) is 40.1 Å². The number of aliphatic carboxylic acids is 1. The molecule has 32 heavy (non-hydrogen) atoms. The molecule has 0 aliphatic heterocycles. The number of carbonyl (C=O) groups excluding carboxylic acids is 1.